The molecule has 0 unspecified atom stereocenters. The number of alkyl halides is 3. The standard InChI is InChI=1S/C15H19F3N2O2S/c1-22-12-3-2-10(13(8-12)15(16,17)18)9-19-14(21)20-11-4-6-23-7-5-11/h2-3,8,11H,4-7,9H2,1H3,(H2,19,20,21). The molecule has 8 heteroatoms. The van der Waals surface area contributed by atoms with E-state index < -0.39 is 17.8 Å². The Balaban J connectivity index is 1.97. The first-order valence-corrected chi connectivity index (χ1v) is 8.42. The molecule has 0 aromatic heterocycles. The van der Waals surface area contributed by atoms with Crippen LogP contribution in [0.5, 0.6) is 5.75 Å². The van der Waals surface area contributed by atoms with Crippen LogP contribution >= 0.6 is 11.8 Å². The predicted octanol–water partition coefficient (Wildman–Crippen LogP) is 3.41. The predicted molar refractivity (Wildman–Crippen MR) is 83.7 cm³/mol. The quantitative estimate of drug-likeness (QED) is 0.877. The summed E-state index contributed by atoms with van der Waals surface area (Å²) >= 11 is 1.84. The molecule has 2 N–H and O–H groups in total. The Kier molecular flexibility index (Phi) is 6.04. The number of amides is 2. The van der Waals surface area contributed by atoms with Crippen molar-refractivity contribution in [1.29, 1.82) is 0 Å². The molecule has 1 aliphatic rings. The molecule has 2 amide bonds. The van der Waals surface area contributed by atoms with Crippen LogP contribution in [0.3, 0.4) is 0 Å². The van der Waals surface area contributed by atoms with Crippen LogP contribution in [-0.2, 0) is 12.7 Å². The zero-order valence-corrected chi connectivity index (χ0v) is 13.5. The Morgan fingerprint density at radius 2 is 2.04 bits per heavy atom. The topological polar surface area (TPSA) is 50.4 Å². The molecule has 23 heavy (non-hydrogen) atoms. The van der Waals surface area contributed by atoms with Crippen molar-refractivity contribution in [2.24, 2.45) is 0 Å². The summed E-state index contributed by atoms with van der Waals surface area (Å²) in [6.07, 6.45) is -2.73. The molecule has 128 valence electrons. The third kappa shape index (κ3) is 5.23. The lowest BCUT2D eigenvalue weighted by molar-refractivity contribution is -0.138. The highest BCUT2D eigenvalue weighted by Crippen LogP contribution is 2.34. The van der Waals surface area contributed by atoms with Gasteiger partial charge in [0.05, 0.1) is 12.7 Å². The summed E-state index contributed by atoms with van der Waals surface area (Å²) in [7, 11) is 1.31. The molecule has 4 nitrogen and oxygen atoms in total. The number of halogens is 3. The number of hydrogen-bond acceptors (Lipinski definition) is 3. The molecular formula is C15H19F3N2O2S. The first kappa shape index (κ1) is 17.8. The van der Waals surface area contributed by atoms with E-state index in [0.29, 0.717) is 0 Å². The van der Waals surface area contributed by atoms with Crippen molar-refractivity contribution >= 4 is 17.8 Å². The molecule has 2 rings (SSSR count). The molecule has 0 bridgehead atoms. The van der Waals surface area contributed by atoms with Gasteiger partial charge in [-0.25, -0.2) is 4.79 Å². The number of methoxy groups -OCH3 is 1. The molecule has 0 saturated carbocycles. The van der Waals surface area contributed by atoms with Gasteiger partial charge in [0.25, 0.3) is 0 Å². The van der Waals surface area contributed by atoms with E-state index in [2.05, 4.69) is 10.6 Å². The summed E-state index contributed by atoms with van der Waals surface area (Å²) in [6, 6.07) is 3.36. The van der Waals surface area contributed by atoms with E-state index in [0.717, 1.165) is 30.4 Å². The van der Waals surface area contributed by atoms with E-state index in [1.165, 1.54) is 19.2 Å². The number of carbonyl (C=O) groups excluding carboxylic acids is 1. The van der Waals surface area contributed by atoms with Crippen LogP contribution in [0.4, 0.5) is 18.0 Å². The molecule has 0 spiro atoms. The fourth-order valence-corrected chi connectivity index (χ4v) is 3.46. The number of urea groups is 1. The van der Waals surface area contributed by atoms with Gasteiger partial charge in [-0.05, 0) is 42.0 Å². The van der Waals surface area contributed by atoms with Gasteiger partial charge in [-0.15, -0.1) is 0 Å². The smallest absolute Gasteiger partial charge is 0.416 e. The van der Waals surface area contributed by atoms with E-state index in [-0.39, 0.29) is 23.9 Å². The first-order chi connectivity index (χ1) is 10.9. The minimum atomic E-state index is -4.50. The fraction of sp³-hybridized carbons (Fsp3) is 0.533. The van der Waals surface area contributed by atoms with Gasteiger partial charge in [0.15, 0.2) is 0 Å². The normalized spacial score (nSPS) is 16.0. The maximum Gasteiger partial charge on any atom is 0.416 e. The monoisotopic (exact) mass is 348 g/mol. The van der Waals surface area contributed by atoms with E-state index >= 15 is 0 Å². The Hall–Kier alpha value is -1.57. The van der Waals surface area contributed by atoms with Crippen molar-refractivity contribution in [3.05, 3.63) is 29.3 Å². The van der Waals surface area contributed by atoms with Gasteiger partial charge in [-0.2, -0.15) is 24.9 Å². The van der Waals surface area contributed by atoms with Gasteiger partial charge < -0.3 is 15.4 Å². The second-order valence-electron chi connectivity index (χ2n) is 5.23. The van der Waals surface area contributed by atoms with Gasteiger partial charge in [0.1, 0.15) is 5.75 Å². The first-order valence-electron chi connectivity index (χ1n) is 7.26. The molecule has 0 atom stereocenters. The van der Waals surface area contributed by atoms with Gasteiger partial charge in [0.2, 0.25) is 0 Å². The van der Waals surface area contributed by atoms with E-state index in [1.807, 2.05) is 11.8 Å². The Bertz CT molecular complexity index is 546. The molecule has 1 aromatic rings. The number of thioether (sulfide) groups is 1. The zero-order valence-electron chi connectivity index (χ0n) is 12.7. The molecular weight excluding hydrogens is 329 g/mol. The minimum Gasteiger partial charge on any atom is -0.497 e. The zero-order chi connectivity index (χ0) is 16.9. The summed E-state index contributed by atoms with van der Waals surface area (Å²) in [4.78, 5) is 11.8. The molecule has 1 fully saturated rings. The van der Waals surface area contributed by atoms with Gasteiger partial charge >= 0.3 is 12.2 Å². The van der Waals surface area contributed by atoms with Crippen molar-refractivity contribution in [1.82, 2.24) is 10.6 Å². The summed E-state index contributed by atoms with van der Waals surface area (Å²) in [6.45, 7) is -0.188. The van der Waals surface area contributed by atoms with Crippen LogP contribution in [0.1, 0.15) is 24.0 Å². The number of hydrogen-bond donors (Lipinski definition) is 2. The lowest BCUT2D eigenvalue weighted by Crippen LogP contribution is -2.43. The Morgan fingerprint density at radius 1 is 1.35 bits per heavy atom. The molecule has 1 aliphatic heterocycles. The maximum absolute atomic E-state index is 13.1. The molecule has 1 saturated heterocycles. The SMILES string of the molecule is COc1ccc(CNC(=O)NC2CCSCC2)c(C(F)(F)F)c1. The minimum absolute atomic E-state index is 0.00708. The summed E-state index contributed by atoms with van der Waals surface area (Å²) in [5.41, 5.74) is -0.793. The lowest BCUT2D eigenvalue weighted by atomic mass is 10.1. The third-order valence-electron chi connectivity index (χ3n) is 3.62. The highest BCUT2D eigenvalue weighted by Gasteiger charge is 2.33. The van der Waals surface area contributed by atoms with E-state index in [1.54, 1.807) is 0 Å². The second kappa shape index (κ2) is 7.81. The highest BCUT2D eigenvalue weighted by atomic mass is 32.2. The summed E-state index contributed by atoms with van der Waals surface area (Å²) in [5, 5.41) is 5.30. The van der Waals surface area contributed by atoms with Gasteiger partial charge in [0, 0.05) is 12.6 Å². The van der Waals surface area contributed by atoms with Crippen LogP contribution in [0.2, 0.25) is 0 Å². The van der Waals surface area contributed by atoms with E-state index in [4.69, 9.17) is 4.74 Å². The molecule has 0 aliphatic carbocycles. The molecule has 0 radical (unpaired) electrons. The largest absolute Gasteiger partial charge is 0.497 e. The Labute approximate surface area is 137 Å². The van der Waals surface area contributed by atoms with Gasteiger partial charge in [-0.1, -0.05) is 6.07 Å². The maximum atomic E-state index is 13.1. The van der Waals surface area contributed by atoms with Crippen molar-refractivity contribution in [3.8, 4) is 5.75 Å². The third-order valence-corrected chi connectivity index (χ3v) is 4.67. The number of carbonyl (C=O) groups is 1. The van der Waals surface area contributed by atoms with Crippen LogP contribution < -0.4 is 15.4 Å². The van der Waals surface area contributed by atoms with Gasteiger partial charge in [-0.3, -0.25) is 0 Å². The average Bonchev–Trinajstić information content (AvgIpc) is 2.53. The van der Waals surface area contributed by atoms with E-state index in [9.17, 15) is 18.0 Å². The Morgan fingerprint density at radius 3 is 2.65 bits per heavy atom. The van der Waals surface area contributed by atoms with Crippen molar-refractivity contribution in [2.45, 2.75) is 31.6 Å². The fourth-order valence-electron chi connectivity index (χ4n) is 2.35. The number of benzene rings is 1. The number of rotatable bonds is 4. The molecule has 1 heterocycles. The average molecular weight is 348 g/mol. The van der Waals surface area contributed by atoms with Crippen molar-refractivity contribution < 1.29 is 22.7 Å². The lowest BCUT2D eigenvalue weighted by Gasteiger charge is -2.23. The second-order valence-corrected chi connectivity index (χ2v) is 6.46. The van der Waals surface area contributed by atoms with Crippen molar-refractivity contribution in [3.63, 3.8) is 0 Å². The molecule has 1 aromatic carbocycles. The highest BCUT2D eigenvalue weighted by molar-refractivity contribution is 7.99. The summed E-state index contributed by atoms with van der Waals surface area (Å²) in [5.74, 6) is 2.11. The van der Waals surface area contributed by atoms with Crippen LogP contribution in [0, 0.1) is 0 Å². The number of ether oxygens (including phenoxy) is 1. The van der Waals surface area contributed by atoms with Crippen molar-refractivity contribution in [2.75, 3.05) is 18.6 Å². The van der Waals surface area contributed by atoms with Crippen LogP contribution in [0.25, 0.3) is 0 Å². The van der Waals surface area contributed by atoms with Crippen LogP contribution in [0.15, 0.2) is 18.2 Å². The summed E-state index contributed by atoms with van der Waals surface area (Å²) < 4.78 is 44.1. The van der Waals surface area contributed by atoms with Crippen LogP contribution in [-0.4, -0.2) is 30.7 Å². The number of nitrogens with one attached hydrogen (secondary N) is 2.